The monoisotopic (exact) mass is 247 g/mol. The molecule has 0 N–H and O–H groups in total. The Bertz CT molecular complexity index is 261. The molecule has 0 saturated carbocycles. The lowest BCUT2D eigenvalue weighted by Crippen LogP contribution is -2.53. The minimum atomic E-state index is -5.85. The van der Waals surface area contributed by atoms with Crippen LogP contribution in [0.2, 0.25) is 0 Å². The molecule has 0 aromatic rings. The Balaban J connectivity index is 4.94. The molecular formula is C9H14F5NO. The summed E-state index contributed by atoms with van der Waals surface area (Å²) >= 11 is 0. The number of carbonyl (C=O) groups is 1. The molecule has 0 aromatic heterocycles. The van der Waals surface area contributed by atoms with Crippen LogP contribution in [0, 0.1) is 5.92 Å². The third-order valence-corrected chi connectivity index (χ3v) is 2.52. The maximum absolute atomic E-state index is 12.7. The van der Waals surface area contributed by atoms with Crippen molar-refractivity contribution in [2.75, 3.05) is 7.05 Å². The standard InChI is InChI=1S/C9H14F5NO/c1-5(2)6(3)15(4)7(16)8(10,11)9(12,13)14/h5-6H,1-4H3. The fraction of sp³-hybridized carbons (Fsp3) is 0.889. The zero-order valence-corrected chi connectivity index (χ0v) is 9.40. The Labute approximate surface area is 90.4 Å². The molecule has 0 aromatic carbocycles. The van der Waals surface area contributed by atoms with Crippen molar-refractivity contribution in [2.24, 2.45) is 5.92 Å². The van der Waals surface area contributed by atoms with E-state index in [0.29, 0.717) is 4.90 Å². The first-order chi connectivity index (χ1) is 6.93. The molecule has 0 aliphatic heterocycles. The van der Waals surface area contributed by atoms with Gasteiger partial charge in [0, 0.05) is 13.1 Å². The zero-order chi connectivity index (χ0) is 13.3. The van der Waals surface area contributed by atoms with E-state index in [-0.39, 0.29) is 5.92 Å². The Morgan fingerprint density at radius 2 is 1.44 bits per heavy atom. The highest BCUT2D eigenvalue weighted by Crippen LogP contribution is 2.37. The summed E-state index contributed by atoms with van der Waals surface area (Å²) in [6.45, 7) is 4.66. The van der Waals surface area contributed by atoms with Gasteiger partial charge in [0.1, 0.15) is 0 Å². The van der Waals surface area contributed by atoms with E-state index in [9.17, 15) is 26.7 Å². The summed E-state index contributed by atoms with van der Waals surface area (Å²) in [7, 11) is 0.937. The van der Waals surface area contributed by atoms with Crippen molar-refractivity contribution < 1.29 is 26.7 Å². The first-order valence-corrected chi connectivity index (χ1v) is 4.64. The van der Waals surface area contributed by atoms with Gasteiger partial charge in [-0.1, -0.05) is 13.8 Å². The second-order valence-electron chi connectivity index (χ2n) is 3.97. The minimum absolute atomic E-state index is 0.210. The molecule has 0 spiro atoms. The second-order valence-corrected chi connectivity index (χ2v) is 3.97. The van der Waals surface area contributed by atoms with E-state index in [4.69, 9.17) is 0 Å². The third kappa shape index (κ3) is 2.82. The van der Waals surface area contributed by atoms with E-state index in [1.165, 1.54) is 6.92 Å². The van der Waals surface area contributed by atoms with Crippen LogP contribution in [0.25, 0.3) is 0 Å². The molecule has 1 unspecified atom stereocenters. The largest absolute Gasteiger partial charge is 0.463 e. The first kappa shape index (κ1) is 15.1. The molecule has 0 saturated heterocycles. The van der Waals surface area contributed by atoms with Gasteiger partial charge in [-0.25, -0.2) is 0 Å². The number of hydrogen-bond donors (Lipinski definition) is 0. The molecule has 0 heterocycles. The lowest BCUT2D eigenvalue weighted by atomic mass is 10.0. The maximum atomic E-state index is 12.7. The Morgan fingerprint density at radius 3 is 1.69 bits per heavy atom. The third-order valence-electron chi connectivity index (χ3n) is 2.52. The molecule has 96 valence electrons. The van der Waals surface area contributed by atoms with Gasteiger partial charge in [0.25, 0.3) is 0 Å². The summed E-state index contributed by atoms with van der Waals surface area (Å²) in [5, 5.41) is 0. The Kier molecular flexibility index (Phi) is 4.30. The SMILES string of the molecule is CC(C)C(C)N(C)C(=O)C(F)(F)C(F)(F)F. The zero-order valence-electron chi connectivity index (χ0n) is 9.40. The first-order valence-electron chi connectivity index (χ1n) is 4.64. The van der Waals surface area contributed by atoms with Crippen molar-refractivity contribution in [1.29, 1.82) is 0 Å². The maximum Gasteiger partial charge on any atom is 0.463 e. The van der Waals surface area contributed by atoms with E-state index in [2.05, 4.69) is 0 Å². The summed E-state index contributed by atoms with van der Waals surface area (Å²) in [5.74, 6) is -7.76. The van der Waals surface area contributed by atoms with E-state index in [0.717, 1.165) is 7.05 Å². The van der Waals surface area contributed by atoms with Crippen LogP contribution < -0.4 is 0 Å². The van der Waals surface area contributed by atoms with Crippen LogP contribution in [-0.4, -0.2) is 36.0 Å². The van der Waals surface area contributed by atoms with Crippen molar-refractivity contribution in [3.8, 4) is 0 Å². The lowest BCUT2D eigenvalue weighted by Gasteiger charge is -2.31. The quantitative estimate of drug-likeness (QED) is 0.702. The molecule has 0 radical (unpaired) electrons. The second kappa shape index (κ2) is 4.55. The van der Waals surface area contributed by atoms with E-state index >= 15 is 0 Å². The highest BCUT2D eigenvalue weighted by Gasteiger charge is 2.64. The molecule has 0 fully saturated rings. The van der Waals surface area contributed by atoms with Crippen LogP contribution in [0.1, 0.15) is 20.8 Å². The van der Waals surface area contributed by atoms with Crippen molar-refractivity contribution in [2.45, 2.75) is 38.9 Å². The normalized spacial score (nSPS) is 15.1. The van der Waals surface area contributed by atoms with Gasteiger partial charge in [-0.15, -0.1) is 0 Å². The van der Waals surface area contributed by atoms with Crippen molar-refractivity contribution >= 4 is 5.91 Å². The van der Waals surface area contributed by atoms with Gasteiger partial charge in [-0.3, -0.25) is 4.79 Å². The fourth-order valence-corrected chi connectivity index (χ4v) is 0.975. The van der Waals surface area contributed by atoms with Crippen LogP contribution in [0.3, 0.4) is 0 Å². The van der Waals surface area contributed by atoms with Gasteiger partial charge in [0.05, 0.1) is 0 Å². The number of halogens is 5. The minimum Gasteiger partial charge on any atom is -0.337 e. The van der Waals surface area contributed by atoms with E-state index in [1.54, 1.807) is 13.8 Å². The molecule has 1 atom stereocenters. The smallest absolute Gasteiger partial charge is 0.337 e. The van der Waals surface area contributed by atoms with Gasteiger partial charge < -0.3 is 4.90 Å². The summed E-state index contributed by atoms with van der Waals surface area (Å²) in [4.78, 5) is 11.4. The van der Waals surface area contributed by atoms with Crippen molar-refractivity contribution in [3.63, 3.8) is 0 Å². The van der Waals surface area contributed by atoms with Gasteiger partial charge in [-0.2, -0.15) is 22.0 Å². The number of nitrogens with zero attached hydrogens (tertiary/aromatic N) is 1. The van der Waals surface area contributed by atoms with Gasteiger partial charge in [0.15, 0.2) is 0 Å². The fourth-order valence-electron chi connectivity index (χ4n) is 0.975. The number of carbonyl (C=O) groups excluding carboxylic acids is 1. The molecule has 2 nitrogen and oxygen atoms in total. The van der Waals surface area contributed by atoms with Gasteiger partial charge in [0.2, 0.25) is 0 Å². The molecule has 0 aliphatic carbocycles. The van der Waals surface area contributed by atoms with Crippen LogP contribution in [0.4, 0.5) is 22.0 Å². The number of alkyl halides is 5. The average molecular weight is 247 g/mol. The summed E-state index contributed by atoms with van der Waals surface area (Å²) in [5.41, 5.74) is 0. The topological polar surface area (TPSA) is 20.3 Å². The Hall–Kier alpha value is -0.880. The predicted octanol–water partition coefficient (Wildman–Crippen LogP) is 2.69. The lowest BCUT2D eigenvalue weighted by molar-refractivity contribution is -0.274. The van der Waals surface area contributed by atoms with Crippen molar-refractivity contribution in [3.05, 3.63) is 0 Å². The Morgan fingerprint density at radius 1 is 1.06 bits per heavy atom. The van der Waals surface area contributed by atoms with Crippen LogP contribution in [0.5, 0.6) is 0 Å². The molecule has 7 heteroatoms. The number of rotatable bonds is 3. The van der Waals surface area contributed by atoms with Crippen LogP contribution in [0.15, 0.2) is 0 Å². The number of amides is 1. The molecular weight excluding hydrogens is 233 g/mol. The highest BCUT2D eigenvalue weighted by atomic mass is 19.4. The molecule has 1 amide bonds. The van der Waals surface area contributed by atoms with E-state index < -0.39 is 24.0 Å². The van der Waals surface area contributed by atoms with E-state index in [1.807, 2.05) is 0 Å². The summed E-state index contributed by atoms with van der Waals surface area (Å²) in [6.07, 6.45) is -5.85. The van der Waals surface area contributed by atoms with Crippen LogP contribution >= 0.6 is 0 Å². The highest BCUT2D eigenvalue weighted by molar-refractivity contribution is 5.84. The molecule has 0 aliphatic rings. The van der Waals surface area contributed by atoms with Gasteiger partial charge in [-0.05, 0) is 12.8 Å². The molecule has 0 rings (SSSR count). The molecule has 0 bridgehead atoms. The van der Waals surface area contributed by atoms with Gasteiger partial charge >= 0.3 is 18.0 Å². The summed E-state index contributed by atoms with van der Waals surface area (Å²) in [6, 6.07) is -0.694. The van der Waals surface area contributed by atoms with Crippen molar-refractivity contribution in [1.82, 2.24) is 4.90 Å². The average Bonchev–Trinajstić information content (AvgIpc) is 2.12. The molecule has 16 heavy (non-hydrogen) atoms. The predicted molar refractivity (Wildman–Crippen MR) is 48.1 cm³/mol. The van der Waals surface area contributed by atoms with Crippen LogP contribution in [-0.2, 0) is 4.79 Å². The number of hydrogen-bond acceptors (Lipinski definition) is 1. The summed E-state index contributed by atoms with van der Waals surface area (Å²) < 4.78 is 61.1.